The molecule has 0 saturated carbocycles. The summed E-state index contributed by atoms with van der Waals surface area (Å²) >= 11 is 12.0. The van der Waals surface area contributed by atoms with Crippen molar-refractivity contribution in [2.24, 2.45) is 0 Å². The van der Waals surface area contributed by atoms with Gasteiger partial charge in [0.15, 0.2) is 0 Å². The van der Waals surface area contributed by atoms with Gasteiger partial charge >= 0.3 is 0 Å². The van der Waals surface area contributed by atoms with Crippen LogP contribution >= 0.6 is 23.2 Å². The van der Waals surface area contributed by atoms with Crippen molar-refractivity contribution >= 4 is 23.2 Å². The number of halogens is 2. The first-order valence-electron chi connectivity index (χ1n) is 4.28. The van der Waals surface area contributed by atoms with Crippen molar-refractivity contribution < 1.29 is 20.4 Å². The topological polar surface area (TPSA) is 0 Å². The Labute approximate surface area is 113 Å². The van der Waals surface area contributed by atoms with Crippen LogP contribution < -0.4 is 0 Å². The fourth-order valence-electron chi connectivity index (χ4n) is 1.34. The van der Waals surface area contributed by atoms with Crippen molar-refractivity contribution in [3.63, 3.8) is 0 Å². The van der Waals surface area contributed by atoms with Gasteiger partial charge in [0.05, 0.1) is 10.0 Å². The Morgan fingerprint density at radius 2 is 1.40 bits per heavy atom. The van der Waals surface area contributed by atoms with Crippen LogP contribution in [0, 0.1) is 0 Å². The van der Waals surface area contributed by atoms with Crippen LogP contribution in [0.15, 0.2) is 48.5 Å². The first-order valence-corrected chi connectivity index (χ1v) is 5.04. The van der Waals surface area contributed by atoms with Gasteiger partial charge in [-0.25, -0.2) is 0 Å². The minimum absolute atomic E-state index is 0. The van der Waals surface area contributed by atoms with E-state index in [1.807, 2.05) is 42.5 Å². The fraction of sp³-hybridized carbons (Fsp3) is 0. The number of hydrogen-bond acceptors (Lipinski definition) is 0. The third kappa shape index (κ3) is 2.83. The molecular weight excluding hydrogens is 321 g/mol. The summed E-state index contributed by atoms with van der Waals surface area (Å²) in [5.74, 6) is 0. The van der Waals surface area contributed by atoms with Gasteiger partial charge in [0.1, 0.15) is 0 Å². The van der Waals surface area contributed by atoms with Gasteiger partial charge in [0, 0.05) is 26.0 Å². The summed E-state index contributed by atoms with van der Waals surface area (Å²) in [6.07, 6.45) is 0. The van der Waals surface area contributed by atoms with Crippen LogP contribution in [0.2, 0.25) is 10.0 Å². The molecule has 0 amide bonds. The molecule has 0 unspecified atom stereocenters. The minimum atomic E-state index is 0. The predicted molar refractivity (Wildman–Crippen MR) is 61.9 cm³/mol. The van der Waals surface area contributed by atoms with Crippen LogP contribution in [-0.4, -0.2) is 0 Å². The molecule has 2 aromatic carbocycles. The van der Waals surface area contributed by atoms with Gasteiger partial charge in [-0.2, -0.15) is 0 Å². The van der Waals surface area contributed by atoms with Gasteiger partial charge in [-0.15, -0.1) is 0 Å². The Morgan fingerprint density at radius 3 is 2.07 bits per heavy atom. The summed E-state index contributed by atoms with van der Waals surface area (Å²) in [6.45, 7) is 0. The van der Waals surface area contributed by atoms with Gasteiger partial charge in [-0.3, -0.25) is 0 Å². The summed E-state index contributed by atoms with van der Waals surface area (Å²) < 4.78 is 0. The molecule has 2 aromatic rings. The van der Waals surface area contributed by atoms with Crippen LogP contribution in [0.1, 0.15) is 0 Å². The Morgan fingerprint density at radius 1 is 0.733 bits per heavy atom. The zero-order valence-electron chi connectivity index (χ0n) is 7.69. The molecule has 0 aromatic heterocycles. The van der Waals surface area contributed by atoms with E-state index in [2.05, 4.69) is 0 Å². The van der Waals surface area contributed by atoms with Crippen LogP contribution in [0.25, 0.3) is 11.1 Å². The molecule has 0 nitrogen and oxygen atoms in total. The summed E-state index contributed by atoms with van der Waals surface area (Å²) in [7, 11) is 0. The molecule has 0 aliphatic heterocycles. The molecule has 15 heavy (non-hydrogen) atoms. The van der Waals surface area contributed by atoms with E-state index >= 15 is 0 Å². The first-order chi connectivity index (χ1) is 6.79. The molecule has 0 heterocycles. The molecule has 0 fully saturated rings. The van der Waals surface area contributed by atoms with Crippen molar-refractivity contribution in [1.29, 1.82) is 0 Å². The Kier molecular flexibility index (Phi) is 4.83. The summed E-state index contributed by atoms with van der Waals surface area (Å²) in [5.41, 5.74) is 2.06. The molecule has 80 valence electrons. The summed E-state index contributed by atoms with van der Waals surface area (Å²) in [4.78, 5) is 0. The van der Waals surface area contributed by atoms with E-state index in [0.717, 1.165) is 11.1 Å². The molecule has 0 bridgehead atoms. The standard InChI is InChI=1S/C12H8Cl2.Pd/c13-11-8-4-7-10(12(11)14)9-5-2-1-3-6-9;/h1-8H;. The Balaban J connectivity index is 0.00000112. The second-order valence-electron chi connectivity index (χ2n) is 2.97. The normalized spacial score (nSPS) is 9.47. The Bertz CT molecular complexity index is 441. The average molecular weight is 330 g/mol. The molecule has 0 N–H and O–H groups in total. The summed E-state index contributed by atoms with van der Waals surface area (Å²) in [5, 5.41) is 1.20. The molecule has 0 radical (unpaired) electrons. The molecule has 0 atom stereocenters. The fourth-order valence-corrected chi connectivity index (χ4v) is 1.75. The molecule has 0 aliphatic carbocycles. The van der Waals surface area contributed by atoms with Gasteiger partial charge in [-0.1, -0.05) is 65.7 Å². The van der Waals surface area contributed by atoms with E-state index in [1.165, 1.54) is 0 Å². The van der Waals surface area contributed by atoms with E-state index in [4.69, 9.17) is 23.2 Å². The maximum absolute atomic E-state index is 6.10. The van der Waals surface area contributed by atoms with Crippen molar-refractivity contribution in [1.82, 2.24) is 0 Å². The zero-order valence-corrected chi connectivity index (χ0v) is 10.8. The van der Waals surface area contributed by atoms with Crippen molar-refractivity contribution in [2.75, 3.05) is 0 Å². The maximum Gasteiger partial charge on any atom is 0.0670 e. The number of benzene rings is 2. The van der Waals surface area contributed by atoms with Crippen molar-refractivity contribution in [3.8, 4) is 11.1 Å². The Hall–Kier alpha value is -0.318. The predicted octanol–water partition coefficient (Wildman–Crippen LogP) is 4.66. The second kappa shape index (κ2) is 5.68. The van der Waals surface area contributed by atoms with Crippen molar-refractivity contribution in [2.45, 2.75) is 0 Å². The quantitative estimate of drug-likeness (QED) is 0.668. The first kappa shape index (κ1) is 12.8. The van der Waals surface area contributed by atoms with Gasteiger partial charge in [0.2, 0.25) is 0 Å². The minimum Gasteiger partial charge on any atom is -0.0827 e. The molecule has 0 saturated heterocycles. The number of hydrogen-bond donors (Lipinski definition) is 0. The van der Waals surface area contributed by atoms with E-state index in [-0.39, 0.29) is 20.4 Å². The SMILES string of the molecule is Clc1cccc(-c2ccccc2)c1Cl.[Pd]. The van der Waals surface area contributed by atoms with Crippen LogP contribution in [0.4, 0.5) is 0 Å². The van der Waals surface area contributed by atoms with E-state index in [0.29, 0.717) is 10.0 Å². The average Bonchev–Trinajstić information content (AvgIpc) is 2.23. The van der Waals surface area contributed by atoms with Crippen LogP contribution in [-0.2, 0) is 20.4 Å². The molecular formula is C12H8Cl2Pd. The molecule has 3 heteroatoms. The van der Waals surface area contributed by atoms with Crippen LogP contribution in [0.3, 0.4) is 0 Å². The summed E-state index contributed by atoms with van der Waals surface area (Å²) in [6, 6.07) is 15.6. The third-order valence-corrected chi connectivity index (χ3v) is 2.86. The smallest absolute Gasteiger partial charge is 0.0670 e. The van der Waals surface area contributed by atoms with Gasteiger partial charge < -0.3 is 0 Å². The molecule has 0 spiro atoms. The second-order valence-corrected chi connectivity index (χ2v) is 3.75. The van der Waals surface area contributed by atoms with Crippen molar-refractivity contribution in [3.05, 3.63) is 58.6 Å². The van der Waals surface area contributed by atoms with E-state index in [9.17, 15) is 0 Å². The largest absolute Gasteiger partial charge is 0.0827 e. The molecule has 0 aliphatic rings. The van der Waals surface area contributed by atoms with E-state index in [1.54, 1.807) is 6.07 Å². The monoisotopic (exact) mass is 328 g/mol. The van der Waals surface area contributed by atoms with Crippen LogP contribution in [0.5, 0.6) is 0 Å². The van der Waals surface area contributed by atoms with E-state index < -0.39 is 0 Å². The van der Waals surface area contributed by atoms with Gasteiger partial charge in [-0.05, 0) is 11.6 Å². The third-order valence-electron chi connectivity index (χ3n) is 2.04. The van der Waals surface area contributed by atoms with Gasteiger partial charge in [0.25, 0.3) is 0 Å². The zero-order chi connectivity index (χ0) is 9.97. The maximum atomic E-state index is 6.10. The molecule has 2 rings (SSSR count). The number of rotatable bonds is 1.